The fourth-order valence-electron chi connectivity index (χ4n) is 2.88. The molecule has 1 aliphatic heterocycles. The second kappa shape index (κ2) is 3.48. The van der Waals surface area contributed by atoms with Crippen molar-refractivity contribution in [1.82, 2.24) is 10.2 Å². The Balaban J connectivity index is 2.10. The van der Waals surface area contributed by atoms with Gasteiger partial charge in [0.2, 0.25) is 5.91 Å². The molecule has 3 nitrogen and oxygen atoms in total. The standard InChI is InChI=1S/C12H22N2O/c1-5-12(4)11(15)14(9(3)13-12)10-6-8(2)7-10/h8-10,13H,5-7H2,1-4H3. The summed E-state index contributed by atoms with van der Waals surface area (Å²) < 4.78 is 0. The Kier molecular flexibility index (Phi) is 2.53. The molecule has 1 amide bonds. The van der Waals surface area contributed by atoms with Crippen LogP contribution in [0, 0.1) is 5.92 Å². The predicted octanol–water partition coefficient (Wildman–Crippen LogP) is 1.73. The molecule has 2 rings (SSSR count). The number of nitrogens with zero attached hydrogens (tertiary/aromatic N) is 1. The largest absolute Gasteiger partial charge is 0.323 e. The van der Waals surface area contributed by atoms with E-state index in [-0.39, 0.29) is 11.7 Å². The van der Waals surface area contributed by atoms with Crippen molar-refractivity contribution in [3.05, 3.63) is 0 Å². The minimum atomic E-state index is -0.321. The normalized spacial score (nSPS) is 45.7. The van der Waals surface area contributed by atoms with Crippen LogP contribution in [0.2, 0.25) is 0 Å². The van der Waals surface area contributed by atoms with Gasteiger partial charge in [0.25, 0.3) is 0 Å². The van der Waals surface area contributed by atoms with Crippen LogP contribution in [0.25, 0.3) is 0 Å². The van der Waals surface area contributed by atoms with Crippen LogP contribution in [0.3, 0.4) is 0 Å². The van der Waals surface area contributed by atoms with E-state index in [4.69, 9.17) is 0 Å². The second-order valence-corrected chi connectivity index (χ2v) is 5.45. The van der Waals surface area contributed by atoms with E-state index in [1.807, 2.05) is 6.92 Å². The average molecular weight is 210 g/mol. The van der Waals surface area contributed by atoms with Crippen LogP contribution in [0.4, 0.5) is 0 Å². The molecule has 1 saturated heterocycles. The summed E-state index contributed by atoms with van der Waals surface area (Å²) in [4.78, 5) is 14.3. The maximum atomic E-state index is 12.3. The number of carbonyl (C=O) groups excluding carboxylic acids is 1. The van der Waals surface area contributed by atoms with E-state index < -0.39 is 0 Å². The van der Waals surface area contributed by atoms with Crippen LogP contribution in [-0.2, 0) is 4.79 Å². The highest BCUT2D eigenvalue weighted by molar-refractivity contribution is 5.88. The molecule has 3 heteroatoms. The van der Waals surface area contributed by atoms with Gasteiger partial charge in [-0.3, -0.25) is 10.1 Å². The van der Waals surface area contributed by atoms with Gasteiger partial charge in [-0.2, -0.15) is 0 Å². The first-order valence-corrected chi connectivity index (χ1v) is 6.08. The summed E-state index contributed by atoms with van der Waals surface area (Å²) in [5, 5.41) is 3.42. The molecule has 15 heavy (non-hydrogen) atoms. The van der Waals surface area contributed by atoms with Gasteiger partial charge in [-0.1, -0.05) is 13.8 Å². The van der Waals surface area contributed by atoms with Gasteiger partial charge in [-0.15, -0.1) is 0 Å². The molecule has 0 aromatic carbocycles. The topological polar surface area (TPSA) is 32.3 Å². The molecule has 0 spiro atoms. The van der Waals surface area contributed by atoms with Crippen LogP contribution in [0.15, 0.2) is 0 Å². The van der Waals surface area contributed by atoms with Gasteiger partial charge < -0.3 is 4.90 Å². The smallest absolute Gasteiger partial charge is 0.244 e. The lowest BCUT2D eigenvalue weighted by Gasteiger charge is -2.41. The van der Waals surface area contributed by atoms with Crippen molar-refractivity contribution in [2.24, 2.45) is 5.92 Å². The van der Waals surface area contributed by atoms with Gasteiger partial charge in [0.15, 0.2) is 0 Å². The van der Waals surface area contributed by atoms with Crippen LogP contribution < -0.4 is 5.32 Å². The van der Waals surface area contributed by atoms with E-state index in [1.54, 1.807) is 0 Å². The molecule has 86 valence electrons. The average Bonchev–Trinajstić information content (AvgIpc) is 2.35. The zero-order valence-electron chi connectivity index (χ0n) is 10.2. The molecule has 1 N–H and O–H groups in total. The van der Waals surface area contributed by atoms with E-state index in [0.717, 1.165) is 12.3 Å². The number of hydrogen-bond donors (Lipinski definition) is 1. The minimum Gasteiger partial charge on any atom is -0.323 e. The molecule has 1 saturated carbocycles. The molecule has 0 aromatic heterocycles. The third-order valence-electron chi connectivity index (χ3n) is 4.10. The maximum Gasteiger partial charge on any atom is 0.244 e. The van der Waals surface area contributed by atoms with E-state index in [2.05, 4.69) is 31.0 Å². The number of nitrogens with one attached hydrogen (secondary N) is 1. The Labute approximate surface area is 92.2 Å². The van der Waals surface area contributed by atoms with Gasteiger partial charge in [0.05, 0.1) is 11.7 Å². The summed E-state index contributed by atoms with van der Waals surface area (Å²) in [6, 6.07) is 0.489. The van der Waals surface area contributed by atoms with Gasteiger partial charge >= 0.3 is 0 Å². The molecule has 2 fully saturated rings. The Morgan fingerprint density at radius 1 is 1.47 bits per heavy atom. The molecular weight excluding hydrogens is 188 g/mol. The first kappa shape index (κ1) is 10.9. The molecule has 0 bridgehead atoms. The summed E-state index contributed by atoms with van der Waals surface area (Å²) in [5.74, 6) is 1.10. The zero-order valence-corrected chi connectivity index (χ0v) is 10.2. The van der Waals surface area contributed by atoms with Crippen molar-refractivity contribution in [1.29, 1.82) is 0 Å². The lowest BCUT2D eigenvalue weighted by molar-refractivity contribution is -0.137. The Morgan fingerprint density at radius 2 is 2.07 bits per heavy atom. The van der Waals surface area contributed by atoms with Crippen LogP contribution >= 0.6 is 0 Å². The van der Waals surface area contributed by atoms with E-state index in [1.165, 1.54) is 12.8 Å². The van der Waals surface area contributed by atoms with Crippen LogP contribution in [-0.4, -0.2) is 28.6 Å². The number of carbonyl (C=O) groups is 1. The molecule has 1 heterocycles. The third kappa shape index (κ3) is 1.57. The van der Waals surface area contributed by atoms with Gasteiger partial charge in [0, 0.05) is 6.04 Å². The van der Waals surface area contributed by atoms with E-state index in [0.29, 0.717) is 11.9 Å². The second-order valence-electron chi connectivity index (χ2n) is 5.45. The lowest BCUT2D eigenvalue weighted by Crippen LogP contribution is -2.49. The van der Waals surface area contributed by atoms with Gasteiger partial charge in [-0.25, -0.2) is 0 Å². The fourth-order valence-corrected chi connectivity index (χ4v) is 2.88. The number of hydrogen-bond acceptors (Lipinski definition) is 2. The van der Waals surface area contributed by atoms with Crippen molar-refractivity contribution >= 4 is 5.91 Å². The third-order valence-corrected chi connectivity index (χ3v) is 4.10. The van der Waals surface area contributed by atoms with Gasteiger partial charge in [-0.05, 0) is 39.0 Å². The summed E-state index contributed by atoms with van der Waals surface area (Å²) in [6.45, 7) is 8.45. The minimum absolute atomic E-state index is 0.208. The zero-order chi connectivity index (χ0) is 11.2. The van der Waals surface area contributed by atoms with Crippen LogP contribution in [0.1, 0.15) is 47.0 Å². The number of rotatable bonds is 2. The highest BCUT2D eigenvalue weighted by atomic mass is 16.2. The fraction of sp³-hybridized carbons (Fsp3) is 0.917. The Hall–Kier alpha value is -0.570. The highest BCUT2D eigenvalue weighted by Gasteiger charge is 2.49. The van der Waals surface area contributed by atoms with Crippen molar-refractivity contribution in [3.8, 4) is 0 Å². The SMILES string of the molecule is CCC1(C)NC(C)N(C2CC(C)C2)C1=O. The molecule has 2 unspecified atom stereocenters. The first-order chi connectivity index (χ1) is 6.98. The molecule has 0 radical (unpaired) electrons. The van der Waals surface area contributed by atoms with E-state index in [9.17, 15) is 4.79 Å². The first-order valence-electron chi connectivity index (χ1n) is 6.08. The summed E-state index contributed by atoms with van der Waals surface area (Å²) in [6.07, 6.45) is 3.43. The number of amides is 1. The van der Waals surface area contributed by atoms with Gasteiger partial charge in [0.1, 0.15) is 0 Å². The maximum absolute atomic E-state index is 12.3. The van der Waals surface area contributed by atoms with Crippen molar-refractivity contribution in [2.75, 3.05) is 0 Å². The predicted molar refractivity (Wildman–Crippen MR) is 60.3 cm³/mol. The molecule has 1 aliphatic carbocycles. The summed E-state index contributed by atoms with van der Waals surface area (Å²) in [7, 11) is 0. The molecule has 0 aromatic rings. The van der Waals surface area contributed by atoms with Crippen LogP contribution in [0.5, 0.6) is 0 Å². The quantitative estimate of drug-likeness (QED) is 0.753. The monoisotopic (exact) mass is 210 g/mol. The summed E-state index contributed by atoms with van der Waals surface area (Å²) in [5.41, 5.74) is -0.321. The van der Waals surface area contributed by atoms with Crippen molar-refractivity contribution in [3.63, 3.8) is 0 Å². The Bertz CT molecular complexity index is 271. The van der Waals surface area contributed by atoms with Crippen molar-refractivity contribution < 1.29 is 4.79 Å². The lowest BCUT2D eigenvalue weighted by atomic mass is 9.80. The Morgan fingerprint density at radius 3 is 2.47 bits per heavy atom. The molecular formula is C12H22N2O. The molecule has 2 atom stereocenters. The van der Waals surface area contributed by atoms with Crippen molar-refractivity contribution in [2.45, 2.75) is 64.7 Å². The molecule has 2 aliphatic rings. The summed E-state index contributed by atoms with van der Waals surface area (Å²) >= 11 is 0. The van der Waals surface area contributed by atoms with E-state index >= 15 is 0 Å². The highest BCUT2D eigenvalue weighted by Crippen LogP contribution is 2.36.